The van der Waals surface area contributed by atoms with Crippen molar-refractivity contribution < 1.29 is 14.6 Å². The summed E-state index contributed by atoms with van der Waals surface area (Å²) < 4.78 is 5.01. The second kappa shape index (κ2) is 6.54. The lowest BCUT2D eigenvalue weighted by Crippen LogP contribution is -1.98. The number of ether oxygens (including phenoxy) is 1. The summed E-state index contributed by atoms with van der Waals surface area (Å²) in [7, 11) is 1.49. The highest BCUT2D eigenvalue weighted by Gasteiger charge is 2.09. The van der Waals surface area contributed by atoms with Crippen molar-refractivity contribution >= 4 is 22.8 Å². The molecule has 1 aromatic heterocycles. The van der Waals surface area contributed by atoms with Gasteiger partial charge < -0.3 is 9.84 Å². The number of carbonyl (C=O) groups is 1. The van der Waals surface area contributed by atoms with Crippen LogP contribution in [0.25, 0.3) is 17.0 Å². The van der Waals surface area contributed by atoms with Gasteiger partial charge in [-0.25, -0.2) is 0 Å². The Morgan fingerprint density at radius 2 is 1.96 bits per heavy atom. The van der Waals surface area contributed by atoms with Crippen molar-refractivity contribution in [1.29, 1.82) is 0 Å². The van der Waals surface area contributed by atoms with Crippen LogP contribution < -0.4 is 4.74 Å². The van der Waals surface area contributed by atoms with E-state index in [0.29, 0.717) is 11.3 Å². The number of methoxy groups -OCH3 is 1. The lowest BCUT2D eigenvalue weighted by Gasteiger charge is -2.05. The van der Waals surface area contributed by atoms with Crippen molar-refractivity contribution in [3.63, 3.8) is 0 Å². The van der Waals surface area contributed by atoms with E-state index in [1.54, 1.807) is 30.3 Å². The number of carbonyl (C=O) groups excluding carboxylic acids is 1. The normalized spacial score (nSPS) is 11.1. The first kappa shape index (κ1) is 15.7. The number of aromatic nitrogens is 1. The summed E-state index contributed by atoms with van der Waals surface area (Å²) in [5, 5.41) is 10.6. The van der Waals surface area contributed by atoms with Gasteiger partial charge in [0.15, 0.2) is 17.3 Å². The molecule has 0 aliphatic heterocycles. The number of fused-ring (bicyclic) bond motifs is 1. The number of phenolic OH excluding ortho intramolecular Hbond substituents is 1. The maximum absolute atomic E-state index is 12.6. The fourth-order valence-corrected chi connectivity index (χ4v) is 2.58. The number of para-hydroxylation sites is 1. The quantitative estimate of drug-likeness (QED) is 0.579. The predicted molar refractivity (Wildman–Crippen MR) is 94.5 cm³/mol. The van der Waals surface area contributed by atoms with E-state index in [9.17, 15) is 9.90 Å². The zero-order valence-electron chi connectivity index (χ0n) is 13.5. The number of phenols is 1. The number of pyridine rings is 1. The van der Waals surface area contributed by atoms with Crippen LogP contribution in [-0.4, -0.2) is 23.0 Å². The van der Waals surface area contributed by atoms with Gasteiger partial charge in [-0.15, -0.1) is 0 Å². The molecule has 1 heterocycles. The second-order valence-corrected chi connectivity index (χ2v) is 5.46. The third kappa shape index (κ3) is 3.13. The molecule has 3 aromatic rings. The second-order valence-electron chi connectivity index (χ2n) is 5.46. The van der Waals surface area contributed by atoms with Crippen molar-refractivity contribution in [1.82, 2.24) is 4.98 Å². The number of aromatic hydroxyl groups is 1. The zero-order chi connectivity index (χ0) is 17.1. The molecule has 0 radical (unpaired) electrons. The minimum Gasteiger partial charge on any atom is -0.504 e. The molecule has 0 amide bonds. The van der Waals surface area contributed by atoms with Crippen molar-refractivity contribution in [3.8, 4) is 11.5 Å². The first-order valence-corrected chi connectivity index (χ1v) is 7.54. The minimum atomic E-state index is -0.105. The van der Waals surface area contributed by atoms with E-state index < -0.39 is 0 Å². The van der Waals surface area contributed by atoms with Gasteiger partial charge in [0, 0.05) is 16.6 Å². The average Bonchev–Trinajstić information content (AvgIpc) is 2.59. The fourth-order valence-electron chi connectivity index (χ4n) is 2.58. The van der Waals surface area contributed by atoms with E-state index in [0.717, 1.165) is 22.2 Å². The van der Waals surface area contributed by atoms with Crippen LogP contribution in [-0.2, 0) is 0 Å². The van der Waals surface area contributed by atoms with Crippen LogP contribution in [0.1, 0.15) is 21.6 Å². The number of hydrogen-bond acceptors (Lipinski definition) is 4. The molecule has 0 fully saturated rings. The Morgan fingerprint density at radius 1 is 1.17 bits per heavy atom. The van der Waals surface area contributed by atoms with Crippen molar-refractivity contribution in [2.24, 2.45) is 0 Å². The monoisotopic (exact) mass is 319 g/mol. The number of rotatable bonds is 4. The molecule has 0 spiro atoms. The average molecular weight is 319 g/mol. The smallest absolute Gasteiger partial charge is 0.186 e. The van der Waals surface area contributed by atoms with Crippen LogP contribution in [0.5, 0.6) is 11.5 Å². The van der Waals surface area contributed by atoms with E-state index in [-0.39, 0.29) is 11.5 Å². The third-order valence-electron chi connectivity index (χ3n) is 3.74. The predicted octanol–water partition coefficient (Wildman–Crippen LogP) is 4.15. The molecule has 0 aliphatic rings. The molecule has 0 saturated carbocycles. The Hall–Kier alpha value is -3.14. The van der Waals surface area contributed by atoms with Crippen LogP contribution in [0, 0.1) is 6.92 Å². The molecule has 120 valence electrons. The largest absolute Gasteiger partial charge is 0.504 e. The standard InChI is InChI=1S/C20H17NO3/c1-13-11-16(15-5-3-4-6-17(15)21-13)18(22)9-7-14-8-10-20(24-2)19(23)12-14/h3-12,23H,1-2H3/b9-7+. The molecule has 0 aliphatic carbocycles. The number of ketones is 1. The number of aryl methyl sites for hydroxylation is 1. The molecule has 2 aromatic carbocycles. The molecule has 4 nitrogen and oxygen atoms in total. The van der Waals surface area contributed by atoms with E-state index in [2.05, 4.69) is 4.98 Å². The Labute approximate surface area is 140 Å². The molecular weight excluding hydrogens is 302 g/mol. The molecule has 1 N–H and O–H groups in total. The van der Waals surface area contributed by atoms with Crippen molar-refractivity contribution in [2.75, 3.05) is 7.11 Å². The summed E-state index contributed by atoms with van der Waals surface area (Å²) >= 11 is 0. The molecule has 0 unspecified atom stereocenters. The van der Waals surface area contributed by atoms with E-state index in [4.69, 9.17) is 4.74 Å². The minimum absolute atomic E-state index is 0.0392. The number of hydrogen-bond donors (Lipinski definition) is 1. The Morgan fingerprint density at radius 3 is 2.71 bits per heavy atom. The van der Waals surface area contributed by atoms with Crippen LogP contribution >= 0.6 is 0 Å². The molecule has 0 bridgehead atoms. The summed E-state index contributed by atoms with van der Waals surface area (Å²) in [5.41, 5.74) is 2.94. The van der Waals surface area contributed by atoms with Gasteiger partial charge in [0.1, 0.15) is 0 Å². The maximum Gasteiger partial charge on any atom is 0.186 e. The van der Waals surface area contributed by atoms with E-state index in [1.807, 2.05) is 31.2 Å². The summed E-state index contributed by atoms with van der Waals surface area (Å²) in [6.45, 7) is 1.87. The van der Waals surface area contributed by atoms with Gasteiger partial charge in [-0.1, -0.05) is 30.3 Å². The molecule has 0 saturated heterocycles. The van der Waals surface area contributed by atoms with E-state index >= 15 is 0 Å². The van der Waals surface area contributed by atoms with Crippen molar-refractivity contribution in [2.45, 2.75) is 6.92 Å². The highest BCUT2D eigenvalue weighted by molar-refractivity contribution is 6.14. The van der Waals surface area contributed by atoms with Gasteiger partial charge in [0.2, 0.25) is 0 Å². The summed E-state index contributed by atoms with van der Waals surface area (Å²) in [5.74, 6) is 0.332. The highest BCUT2D eigenvalue weighted by atomic mass is 16.5. The first-order chi connectivity index (χ1) is 11.6. The molecule has 3 rings (SSSR count). The fraction of sp³-hybridized carbons (Fsp3) is 0.100. The first-order valence-electron chi connectivity index (χ1n) is 7.54. The lowest BCUT2D eigenvalue weighted by atomic mass is 10.0. The Balaban J connectivity index is 1.94. The maximum atomic E-state index is 12.6. The van der Waals surface area contributed by atoms with Crippen LogP contribution in [0.3, 0.4) is 0 Å². The summed E-state index contributed by atoms with van der Waals surface area (Å²) in [6, 6.07) is 14.4. The van der Waals surface area contributed by atoms with E-state index in [1.165, 1.54) is 13.2 Å². The highest BCUT2D eigenvalue weighted by Crippen LogP contribution is 2.27. The van der Waals surface area contributed by atoms with Crippen LogP contribution in [0.15, 0.2) is 54.6 Å². The Bertz CT molecular complexity index is 945. The Kier molecular flexibility index (Phi) is 4.29. The van der Waals surface area contributed by atoms with Crippen LogP contribution in [0.2, 0.25) is 0 Å². The number of nitrogens with zero attached hydrogens (tertiary/aromatic N) is 1. The van der Waals surface area contributed by atoms with Gasteiger partial charge in [-0.05, 0) is 42.8 Å². The van der Waals surface area contributed by atoms with Crippen LogP contribution in [0.4, 0.5) is 0 Å². The van der Waals surface area contributed by atoms with Gasteiger partial charge in [0.25, 0.3) is 0 Å². The van der Waals surface area contributed by atoms with Gasteiger partial charge in [0.05, 0.1) is 12.6 Å². The SMILES string of the molecule is COc1ccc(/C=C/C(=O)c2cc(C)nc3ccccc23)cc1O. The van der Waals surface area contributed by atoms with Gasteiger partial charge in [-0.2, -0.15) is 0 Å². The number of benzene rings is 2. The molecule has 24 heavy (non-hydrogen) atoms. The number of allylic oxidation sites excluding steroid dienone is 1. The summed E-state index contributed by atoms with van der Waals surface area (Å²) in [4.78, 5) is 17.0. The third-order valence-corrected chi connectivity index (χ3v) is 3.74. The molecule has 4 heteroatoms. The zero-order valence-corrected chi connectivity index (χ0v) is 13.5. The molecule has 0 atom stereocenters. The molecular formula is C20H17NO3. The van der Waals surface area contributed by atoms with Gasteiger partial charge >= 0.3 is 0 Å². The topological polar surface area (TPSA) is 59.4 Å². The van der Waals surface area contributed by atoms with Crippen molar-refractivity contribution in [3.05, 3.63) is 71.4 Å². The lowest BCUT2D eigenvalue weighted by molar-refractivity contribution is 0.104. The van der Waals surface area contributed by atoms with Gasteiger partial charge in [-0.3, -0.25) is 9.78 Å². The summed E-state index contributed by atoms with van der Waals surface area (Å²) in [6.07, 6.45) is 3.18.